The maximum atomic E-state index is 12.2. The molecular formula is C17H13NO2S2. The Morgan fingerprint density at radius 2 is 1.68 bits per heavy atom. The lowest BCUT2D eigenvalue weighted by atomic mass is 9.97. The largest absolute Gasteiger partial charge is 0.497 e. The van der Waals surface area contributed by atoms with Crippen LogP contribution in [0.1, 0.15) is 11.1 Å². The van der Waals surface area contributed by atoms with Gasteiger partial charge in [0, 0.05) is 5.57 Å². The number of carbonyl (C=O) groups excluding carboxylic acids is 1. The Balaban J connectivity index is 2.17. The van der Waals surface area contributed by atoms with Crippen LogP contribution in [0.5, 0.6) is 5.75 Å². The van der Waals surface area contributed by atoms with Crippen LogP contribution in [0.4, 0.5) is 0 Å². The van der Waals surface area contributed by atoms with Crippen molar-refractivity contribution in [1.29, 1.82) is 0 Å². The topological polar surface area (TPSA) is 38.3 Å². The molecule has 0 unspecified atom stereocenters. The molecule has 1 heterocycles. The average molecular weight is 327 g/mol. The molecule has 3 rings (SSSR count). The fraction of sp³-hybridized carbons (Fsp3) is 0.0588. The number of carbonyl (C=O) groups is 1. The number of thioether (sulfide) groups is 1. The minimum atomic E-state index is -0.148. The molecule has 2 aromatic carbocycles. The van der Waals surface area contributed by atoms with Crippen LogP contribution in [-0.4, -0.2) is 17.3 Å². The Labute approximate surface area is 138 Å². The monoisotopic (exact) mass is 327 g/mol. The summed E-state index contributed by atoms with van der Waals surface area (Å²) in [5.74, 6) is 0.630. The lowest BCUT2D eigenvalue weighted by Crippen LogP contribution is -2.18. The molecule has 0 aromatic heterocycles. The molecule has 1 fully saturated rings. The second kappa shape index (κ2) is 6.34. The SMILES string of the molecule is COc1ccc(/C(=C2/SC(=S)NC2=O)c2ccccc2)cc1. The quantitative estimate of drug-likeness (QED) is 0.690. The van der Waals surface area contributed by atoms with Crippen molar-refractivity contribution in [2.45, 2.75) is 0 Å². The van der Waals surface area contributed by atoms with E-state index < -0.39 is 0 Å². The predicted octanol–water partition coefficient (Wildman–Crippen LogP) is 3.60. The van der Waals surface area contributed by atoms with Crippen molar-refractivity contribution in [1.82, 2.24) is 5.32 Å². The van der Waals surface area contributed by atoms with Gasteiger partial charge in [-0.05, 0) is 23.3 Å². The highest BCUT2D eigenvalue weighted by Crippen LogP contribution is 2.36. The second-order valence-corrected chi connectivity index (χ2v) is 6.33. The number of nitrogens with one attached hydrogen (secondary N) is 1. The first-order chi connectivity index (χ1) is 10.7. The first-order valence-corrected chi connectivity index (χ1v) is 7.89. The van der Waals surface area contributed by atoms with Crippen molar-refractivity contribution in [3.63, 3.8) is 0 Å². The van der Waals surface area contributed by atoms with Gasteiger partial charge in [0.25, 0.3) is 5.91 Å². The van der Waals surface area contributed by atoms with Gasteiger partial charge in [0.05, 0.1) is 12.0 Å². The number of rotatable bonds is 3. The van der Waals surface area contributed by atoms with Crippen LogP contribution in [0.15, 0.2) is 59.5 Å². The summed E-state index contributed by atoms with van der Waals surface area (Å²) in [5, 5.41) is 2.68. The Kier molecular flexibility index (Phi) is 4.27. The van der Waals surface area contributed by atoms with Crippen molar-refractivity contribution in [3.8, 4) is 5.75 Å². The van der Waals surface area contributed by atoms with E-state index in [1.807, 2.05) is 54.6 Å². The summed E-state index contributed by atoms with van der Waals surface area (Å²) in [6.07, 6.45) is 0. The average Bonchev–Trinajstić information content (AvgIpc) is 2.88. The number of benzene rings is 2. The molecule has 2 aromatic rings. The van der Waals surface area contributed by atoms with E-state index in [1.54, 1.807) is 7.11 Å². The van der Waals surface area contributed by atoms with Crippen molar-refractivity contribution >= 4 is 39.8 Å². The number of hydrogen-bond acceptors (Lipinski definition) is 4. The molecule has 1 saturated heterocycles. The molecule has 22 heavy (non-hydrogen) atoms. The third-order valence-electron chi connectivity index (χ3n) is 3.28. The molecule has 1 aliphatic heterocycles. The molecule has 1 aliphatic rings. The van der Waals surface area contributed by atoms with Crippen molar-refractivity contribution in [3.05, 3.63) is 70.6 Å². The van der Waals surface area contributed by atoms with Gasteiger partial charge >= 0.3 is 0 Å². The zero-order chi connectivity index (χ0) is 15.5. The van der Waals surface area contributed by atoms with E-state index in [9.17, 15) is 4.79 Å². The van der Waals surface area contributed by atoms with E-state index in [1.165, 1.54) is 11.8 Å². The van der Waals surface area contributed by atoms with Crippen molar-refractivity contribution in [2.75, 3.05) is 7.11 Å². The fourth-order valence-corrected chi connectivity index (χ4v) is 3.42. The zero-order valence-corrected chi connectivity index (χ0v) is 13.5. The van der Waals surface area contributed by atoms with Gasteiger partial charge in [-0.2, -0.15) is 0 Å². The Morgan fingerprint density at radius 3 is 2.23 bits per heavy atom. The van der Waals surface area contributed by atoms with Crippen LogP contribution in [0, 0.1) is 0 Å². The van der Waals surface area contributed by atoms with E-state index >= 15 is 0 Å². The Bertz CT molecular complexity index is 752. The molecule has 0 atom stereocenters. The number of thiocarbonyl (C=S) groups is 1. The lowest BCUT2D eigenvalue weighted by molar-refractivity contribution is -0.115. The summed E-state index contributed by atoms with van der Waals surface area (Å²) in [6, 6.07) is 17.5. The minimum Gasteiger partial charge on any atom is -0.497 e. The Morgan fingerprint density at radius 1 is 1.05 bits per heavy atom. The molecule has 0 radical (unpaired) electrons. The van der Waals surface area contributed by atoms with Crippen LogP contribution in [0.3, 0.4) is 0 Å². The van der Waals surface area contributed by atoms with Crippen LogP contribution in [0.25, 0.3) is 5.57 Å². The summed E-state index contributed by atoms with van der Waals surface area (Å²) in [5.41, 5.74) is 2.81. The maximum absolute atomic E-state index is 12.2. The third kappa shape index (κ3) is 2.91. The highest BCUT2D eigenvalue weighted by molar-refractivity contribution is 8.26. The van der Waals surface area contributed by atoms with Gasteiger partial charge in [-0.25, -0.2) is 0 Å². The molecular weight excluding hydrogens is 314 g/mol. The number of hydrogen-bond donors (Lipinski definition) is 1. The number of ether oxygens (including phenoxy) is 1. The summed E-state index contributed by atoms with van der Waals surface area (Å²) in [6.45, 7) is 0. The molecule has 1 N–H and O–H groups in total. The van der Waals surface area contributed by atoms with Crippen LogP contribution in [0.2, 0.25) is 0 Å². The van der Waals surface area contributed by atoms with Crippen LogP contribution in [-0.2, 0) is 4.79 Å². The number of methoxy groups -OCH3 is 1. The molecule has 0 spiro atoms. The molecule has 3 nitrogen and oxygen atoms in total. The standard InChI is InChI=1S/C17H13NO2S2/c1-20-13-9-7-12(8-10-13)14(11-5-3-2-4-6-11)15-16(19)18-17(21)22-15/h2-10H,1H3,(H,18,19,21)/b15-14+. The van der Waals surface area contributed by atoms with E-state index in [0.717, 1.165) is 22.4 Å². The van der Waals surface area contributed by atoms with Gasteiger partial charge in [-0.3, -0.25) is 4.79 Å². The molecule has 0 aliphatic carbocycles. The van der Waals surface area contributed by atoms with Gasteiger partial charge in [0.1, 0.15) is 10.1 Å². The Hall–Kier alpha value is -2.11. The molecule has 5 heteroatoms. The first kappa shape index (κ1) is 14.8. The summed E-state index contributed by atoms with van der Waals surface area (Å²) < 4.78 is 5.68. The lowest BCUT2D eigenvalue weighted by Gasteiger charge is -2.11. The van der Waals surface area contributed by atoms with Crippen molar-refractivity contribution < 1.29 is 9.53 Å². The molecule has 0 saturated carbocycles. The normalized spacial score (nSPS) is 16.4. The molecule has 110 valence electrons. The first-order valence-electron chi connectivity index (χ1n) is 6.66. The maximum Gasteiger partial charge on any atom is 0.264 e. The summed E-state index contributed by atoms with van der Waals surface area (Å²) >= 11 is 6.41. The highest BCUT2D eigenvalue weighted by atomic mass is 32.2. The van der Waals surface area contributed by atoms with Crippen molar-refractivity contribution in [2.24, 2.45) is 0 Å². The molecule has 0 bridgehead atoms. The van der Waals surface area contributed by atoms with E-state index in [-0.39, 0.29) is 5.91 Å². The minimum absolute atomic E-state index is 0.148. The van der Waals surface area contributed by atoms with Gasteiger partial charge in [-0.1, -0.05) is 66.4 Å². The summed E-state index contributed by atoms with van der Waals surface area (Å²) in [4.78, 5) is 12.8. The van der Waals surface area contributed by atoms with E-state index in [4.69, 9.17) is 17.0 Å². The highest BCUT2D eigenvalue weighted by Gasteiger charge is 2.27. The number of amides is 1. The summed E-state index contributed by atoms with van der Waals surface area (Å²) in [7, 11) is 1.63. The predicted molar refractivity (Wildman–Crippen MR) is 93.8 cm³/mol. The van der Waals surface area contributed by atoms with E-state index in [2.05, 4.69) is 5.32 Å². The van der Waals surface area contributed by atoms with Gasteiger partial charge < -0.3 is 10.1 Å². The zero-order valence-electron chi connectivity index (χ0n) is 11.8. The van der Waals surface area contributed by atoms with Crippen LogP contribution < -0.4 is 10.1 Å². The fourth-order valence-electron chi connectivity index (χ4n) is 2.27. The van der Waals surface area contributed by atoms with Gasteiger partial charge in [-0.15, -0.1) is 0 Å². The molecule has 1 amide bonds. The van der Waals surface area contributed by atoms with Gasteiger partial charge in [0.15, 0.2) is 0 Å². The van der Waals surface area contributed by atoms with Crippen LogP contribution >= 0.6 is 24.0 Å². The van der Waals surface area contributed by atoms with E-state index in [0.29, 0.717) is 9.23 Å². The third-order valence-corrected chi connectivity index (χ3v) is 4.52. The van der Waals surface area contributed by atoms with Gasteiger partial charge in [0.2, 0.25) is 0 Å². The smallest absolute Gasteiger partial charge is 0.264 e. The second-order valence-electron chi connectivity index (χ2n) is 4.64.